The second kappa shape index (κ2) is 7.82. The molecule has 0 saturated carbocycles. The van der Waals surface area contributed by atoms with Gasteiger partial charge < -0.3 is 14.4 Å². The zero-order valence-electron chi connectivity index (χ0n) is 14.4. The molecule has 3 rings (SSSR count). The summed E-state index contributed by atoms with van der Waals surface area (Å²) in [5, 5.41) is 0. The van der Waals surface area contributed by atoms with Crippen LogP contribution in [0.1, 0.15) is 24.5 Å². The third-order valence-corrected chi connectivity index (χ3v) is 6.05. The van der Waals surface area contributed by atoms with Gasteiger partial charge in [-0.25, -0.2) is 13.1 Å². The highest BCUT2D eigenvalue weighted by molar-refractivity contribution is 7.89. The lowest BCUT2D eigenvalue weighted by atomic mass is 10.00. The van der Waals surface area contributed by atoms with Crippen LogP contribution in [0.2, 0.25) is 0 Å². The molecule has 0 unspecified atom stereocenters. The van der Waals surface area contributed by atoms with Gasteiger partial charge in [0.2, 0.25) is 15.9 Å². The lowest BCUT2D eigenvalue weighted by Crippen LogP contribution is -2.38. The molecule has 0 aromatic heterocycles. The van der Waals surface area contributed by atoms with Gasteiger partial charge in [-0.2, -0.15) is 0 Å². The van der Waals surface area contributed by atoms with Gasteiger partial charge in [0, 0.05) is 32.3 Å². The van der Waals surface area contributed by atoms with Gasteiger partial charge in [0.15, 0.2) is 0 Å². The summed E-state index contributed by atoms with van der Waals surface area (Å²) in [6.45, 7) is 4.52. The minimum atomic E-state index is -3.55. The standard InChI is InChI=1S/C17H24N2O5S/c1-2-23-12-17(20)19-7-5-13-9-16(4-3-14(13)10-19)25(21,22)18-15-6-8-24-11-15/h3-4,9,15,18H,2,5-8,10-12H2,1H3/t15-/m1/s1. The number of nitrogens with zero attached hydrogens (tertiary/aromatic N) is 1. The zero-order chi connectivity index (χ0) is 17.9. The van der Waals surface area contributed by atoms with E-state index >= 15 is 0 Å². The number of ether oxygens (including phenoxy) is 2. The Morgan fingerprint density at radius 1 is 1.40 bits per heavy atom. The Balaban J connectivity index is 1.70. The second-order valence-corrected chi connectivity index (χ2v) is 8.03. The van der Waals surface area contributed by atoms with Crippen LogP contribution in [0.15, 0.2) is 23.1 Å². The Kier molecular flexibility index (Phi) is 5.73. The second-order valence-electron chi connectivity index (χ2n) is 6.31. The summed E-state index contributed by atoms with van der Waals surface area (Å²) in [5.41, 5.74) is 1.96. The summed E-state index contributed by atoms with van der Waals surface area (Å²) < 4.78 is 38.1. The van der Waals surface area contributed by atoms with E-state index < -0.39 is 10.0 Å². The van der Waals surface area contributed by atoms with Crippen LogP contribution in [0, 0.1) is 0 Å². The van der Waals surface area contributed by atoms with Crippen LogP contribution < -0.4 is 4.72 Å². The normalized spacial score (nSPS) is 20.5. The average molecular weight is 368 g/mol. The van der Waals surface area contributed by atoms with Crippen LogP contribution in [-0.4, -0.2) is 58.2 Å². The molecule has 0 bridgehead atoms. The van der Waals surface area contributed by atoms with E-state index in [0.717, 1.165) is 11.1 Å². The molecule has 2 aliphatic rings. The highest BCUT2D eigenvalue weighted by atomic mass is 32.2. The summed E-state index contributed by atoms with van der Waals surface area (Å²) in [4.78, 5) is 14.1. The van der Waals surface area contributed by atoms with Gasteiger partial charge in [0.1, 0.15) is 6.61 Å². The monoisotopic (exact) mass is 368 g/mol. The fourth-order valence-electron chi connectivity index (χ4n) is 3.10. The van der Waals surface area contributed by atoms with Gasteiger partial charge >= 0.3 is 0 Å². The van der Waals surface area contributed by atoms with Crippen molar-refractivity contribution in [3.63, 3.8) is 0 Å². The van der Waals surface area contributed by atoms with E-state index in [-0.39, 0.29) is 23.5 Å². The Bertz CT molecular complexity index is 729. The summed E-state index contributed by atoms with van der Waals surface area (Å²) in [6.07, 6.45) is 1.34. The van der Waals surface area contributed by atoms with Crippen molar-refractivity contribution in [2.45, 2.75) is 37.2 Å². The smallest absolute Gasteiger partial charge is 0.248 e. The molecule has 1 amide bonds. The molecule has 0 radical (unpaired) electrons. The topological polar surface area (TPSA) is 84.9 Å². The molecular formula is C17H24N2O5S. The molecule has 1 aromatic carbocycles. The van der Waals surface area contributed by atoms with Gasteiger partial charge in [0.05, 0.1) is 11.5 Å². The van der Waals surface area contributed by atoms with Crippen molar-refractivity contribution >= 4 is 15.9 Å². The summed E-state index contributed by atoms with van der Waals surface area (Å²) in [7, 11) is -3.55. The Labute approximate surface area is 148 Å². The van der Waals surface area contributed by atoms with E-state index in [1.165, 1.54) is 0 Å². The molecule has 2 heterocycles. The molecular weight excluding hydrogens is 344 g/mol. The molecule has 25 heavy (non-hydrogen) atoms. The van der Waals surface area contributed by atoms with Gasteiger partial charge in [-0.05, 0) is 43.0 Å². The lowest BCUT2D eigenvalue weighted by molar-refractivity contribution is -0.136. The fraction of sp³-hybridized carbons (Fsp3) is 0.588. The van der Waals surface area contributed by atoms with Crippen LogP contribution >= 0.6 is 0 Å². The van der Waals surface area contributed by atoms with Gasteiger partial charge in [0.25, 0.3) is 0 Å². The number of fused-ring (bicyclic) bond motifs is 1. The highest BCUT2D eigenvalue weighted by Crippen LogP contribution is 2.23. The highest BCUT2D eigenvalue weighted by Gasteiger charge is 2.26. The largest absolute Gasteiger partial charge is 0.380 e. The van der Waals surface area contributed by atoms with Gasteiger partial charge in [-0.1, -0.05) is 6.07 Å². The quantitative estimate of drug-likeness (QED) is 0.798. The number of rotatable bonds is 6. The number of carbonyl (C=O) groups is 1. The molecule has 2 aliphatic heterocycles. The van der Waals surface area contributed by atoms with Crippen LogP contribution in [0.4, 0.5) is 0 Å². The minimum Gasteiger partial charge on any atom is -0.380 e. The van der Waals surface area contributed by atoms with E-state index in [4.69, 9.17) is 9.47 Å². The lowest BCUT2D eigenvalue weighted by Gasteiger charge is -2.29. The third kappa shape index (κ3) is 4.38. The molecule has 1 saturated heterocycles. The van der Waals surface area contributed by atoms with Crippen LogP contribution in [-0.2, 0) is 37.3 Å². The van der Waals surface area contributed by atoms with Crippen molar-refractivity contribution < 1.29 is 22.7 Å². The molecule has 7 nitrogen and oxygen atoms in total. The Morgan fingerprint density at radius 3 is 2.96 bits per heavy atom. The molecule has 0 spiro atoms. The van der Waals surface area contributed by atoms with Crippen molar-refractivity contribution in [1.29, 1.82) is 0 Å². The zero-order valence-corrected chi connectivity index (χ0v) is 15.2. The van der Waals surface area contributed by atoms with Crippen LogP contribution in [0.5, 0.6) is 0 Å². The maximum absolute atomic E-state index is 12.5. The van der Waals surface area contributed by atoms with E-state index in [9.17, 15) is 13.2 Å². The van der Waals surface area contributed by atoms with Crippen molar-refractivity contribution in [2.24, 2.45) is 0 Å². The van der Waals surface area contributed by atoms with Crippen molar-refractivity contribution in [2.75, 3.05) is 33.0 Å². The number of nitrogens with one attached hydrogen (secondary N) is 1. The number of hydrogen-bond acceptors (Lipinski definition) is 5. The van der Waals surface area contributed by atoms with Crippen LogP contribution in [0.3, 0.4) is 0 Å². The molecule has 1 N–H and O–H groups in total. The van der Waals surface area contributed by atoms with Gasteiger partial charge in [-0.3, -0.25) is 4.79 Å². The SMILES string of the molecule is CCOCC(=O)N1CCc2cc(S(=O)(=O)N[C@@H]3CCOC3)ccc2C1. The molecule has 8 heteroatoms. The van der Waals surface area contributed by atoms with Crippen LogP contribution in [0.25, 0.3) is 0 Å². The van der Waals surface area contributed by atoms with E-state index in [1.807, 2.05) is 6.92 Å². The molecule has 138 valence electrons. The number of benzene rings is 1. The van der Waals surface area contributed by atoms with E-state index in [2.05, 4.69) is 4.72 Å². The van der Waals surface area contributed by atoms with Crippen molar-refractivity contribution in [1.82, 2.24) is 9.62 Å². The summed E-state index contributed by atoms with van der Waals surface area (Å²) >= 11 is 0. The molecule has 0 aliphatic carbocycles. The first-order valence-corrected chi connectivity index (χ1v) is 10.1. The predicted octanol–water partition coefficient (Wildman–Crippen LogP) is 0.675. The van der Waals surface area contributed by atoms with E-state index in [0.29, 0.717) is 45.8 Å². The van der Waals surface area contributed by atoms with Crippen molar-refractivity contribution in [3.05, 3.63) is 29.3 Å². The minimum absolute atomic E-state index is 0.0351. The first-order chi connectivity index (χ1) is 12.0. The number of amides is 1. The predicted molar refractivity (Wildman–Crippen MR) is 91.6 cm³/mol. The molecule has 1 atom stereocenters. The first kappa shape index (κ1) is 18.3. The fourth-order valence-corrected chi connectivity index (χ4v) is 4.41. The third-order valence-electron chi connectivity index (χ3n) is 4.53. The Morgan fingerprint density at radius 2 is 2.24 bits per heavy atom. The maximum atomic E-state index is 12.5. The van der Waals surface area contributed by atoms with Crippen molar-refractivity contribution in [3.8, 4) is 0 Å². The number of sulfonamides is 1. The van der Waals surface area contributed by atoms with E-state index in [1.54, 1.807) is 23.1 Å². The molecule has 1 fully saturated rings. The molecule has 1 aromatic rings. The average Bonchev–Trinajstić information content (AvgIpc) is 3.11. The first-order valence-electron chi connectivity index (χ1n) is 8.57. The Hall–Kier alpha value is -1.48. The maximum Gasteiger partial charge on any atom is 0.248 e. The van der Waals surface area contributed by atoms with Gasteiger partial charge in [-0.15, -0.1) is 0 Å². The summed E-state index contributed by atoms with van der Waals surface area (Å²) in [6, 6.07) is 4.97. The number of hydrogen-bond donors (Lipinski definition) is 1. The summed E-state index contributed by atoms with van der Waals surface area (Å²) in [5.74, 6) is -0.0351. The number of carbonyl (C=O) groups excluding carboxylic acids is 1.